The molecule has 2 aliphatic rings. The van der Waals surface area contributed by atoms with Crippen LogP contribution in [0.1, 0.15) is 55.0 Å². The molecule has 0 radical (unpaired) electrons. The molecule has 0 spiro atoms. The maximum Gasteiger partial charge on any atom is 0.225 e. The van der Waals surface area contributed by atoms with Crippen molar-refractivity contribution < 1.29 is 14.3 Å². The van der Waals surface area contributed by atoms with Crippen LogP contribution in [0.15, 0.2) is 53.1 Å². The third kappa shape index (κ3) is 3.88. The SMILES string of the molecule is COc1ccc(Br)cc1C1CCCN1C(=O)CC1c2ccccc2C=CN1C(C)=O. The fourth-order valence-corrected chi connectivity index (χ4v) is 4.93. The summed E-state index contributed by atoms with van der Waals surface area (Å²) in [4.78, 5) is 29.3. The standard InChI is InChI=1S/C24H25BrN2O3/c1-16(28)26-13-11-17-6-3-4-7-19(17)22(26)15-24(29)27-12-5-8-21(27)20-14-18(25)9-10-23(20)30-2/h3-4,6-7,9-11,13-14,21-22H,5,8,12,15H2,1-2H3. The molecule has 2 amide bonds. The molecule has 2 unspecified atom stereocenters. The van der Waals surface area contributed by atoms with Crippen molar-refractivity contribution >= 4 is 33.8 Å². The summed E-state index contributed by atoms with van der Waals surface area (Å²) >= 11 is 3.54. The van der Waals surface area contributed by atoms with Crippen molar-refractivity contribution in [2.24, 2.45) is 0 Å². The first-order valence-electron chi connectivity index (χ1n) is 10.2. The summed E-state index contributed by atoms with van der Waals surface area (Å²) in [5.74, 6) is 0.783. The zero-order chi connectivity index (χ0) is 21.3. The van der Waals surface area contributed by atoms with Gasteiger partial charge in [0.05, 0.1) is 25.6 Å². The summed E-state index contributed by atoms with van der Waals surface area (Å²) < 4.78 is 6.53. The highest BCUT2D eigenvalue weighted by atomic mass is 79.9. The maximum absolute atomic E-state index is 13.5. The Morgan fingerprint density at radius 3 is 2.73 bits per heavy atom. The molecule has 5 nitrogen and oxygen atoms in total. The molecule has 0 bridgehead atoms. The van der Waals surface area contributed by atoms with Gasteiger partial charge in [-0.25, -0.2) is 0 Å². The first-order valence-corrected chi connectivity index (χ1v) is 11.0. The van der Waals surface area contributed by atoms with Crippen molar-refractivity contribution in [1.82, 2.24) is 9.80 Å². The molecule has 0 saturated carbocycles. The fourth-order valence-electron chi connectivity index (χ4n) is 4.55. The van der Waals surface area contributed by atoms with Crippen LogP contribution in [0.4, 0.5) is 0 Å². The number of benzene rings is 2. The molecule has 0 aliphatic carbocycles. The van der Waals surface area contributed by atoms with Crippen LogP contribution < -0.4 is 4.74 Å². The highest BCUT2D eigenvalue weighted by molar-refractivity contribution is 9.10. The zero-order valence-electron chi connectivity index (χ0n) is 17.2. The number of fused-ring (bicyclic) bond motifs is 1. The van der Waals surface area contributed by atoms with Crippen LogP contribution in [0, 0.1) is 0 Å². The highest BCUT2D eigenvalue weighted by Gasteiger charge is 2.35. The summed E-state index contributed by atoms with van der Waals surface area (Å²) in [5.41, 5.74) is 3.09. The minimum atomic E-state index is -0.290. The number of halogens is 1. The van der Waals surface area contributed by atoms with Crippen molar-refractivity contribution in [2.75, 3.05) is 13.7 Å². The fraction of sp³-hybridized carbons (Fsp3) is 0.333. The third-order valence-corrected chi connectivity index (χ3v) is 6.45. The van der Waals surface area contributed by atoms with Crippen molar-refractivity contribution in [3.63, 3.8) is 0 Å². The molecular formula is C24H25BrN2O3. The average molecular weight is 469 g/mol. The van der Waals surface area contributed by atoms with E-state index in [0.717, 1.165) is 39.8 Å². The number of amides is 2. The van der Waals surface area contributed by atoms with E-state index in [1.165, 1.54) is 0 Å². The number of carbonyl (C=O) groups is 2. The normalized spacial score (nSPS) is 20.2. The summed E-state index contributed by atoms with van der Waals surface area (Å²) in [6.07, 6.45) is 5.83. The summed E-state index contributed by atoms with van der Waals surface area (Å²) in [5, 5.41) is 0. The van der Waals surface area contributed by atoms with Crippen molar-refractivity contribution in [1.29, 1.82) is 0 Å². The molecule has 6 heteroatoms. The molecule has 0 aromatic heterocycles. The van der Waals surface area contributed by atoms with Gasteiger partial charge in [0.25, 0.3) is 0 Å². The first kappa shape index (κ1) is 20.7. The summed E-state index contributed by atoms with van der Waals surface area (Å²) in [6.45, 7) is 2.25. The average Bonchev–Trinajstić information content (AvgIpc) is 3.23. The van der Waals surface area contributed by atoms with E-state index in [0.29, 0.717) is 6.54 Å². The lowest BCUT2D eigenvalue weighted by Gasteiger charge is -2.34. The van der Waals surface area contributed by atoms with Gasteiger partial charge >= 0.3 is 0 Å². The Morgan fingerprint density at radius 2 is 1.97 bits per heavy atom. The molecule has 2 heterocycles. The van der Waals surface area contributed by atoms with E-state index in [2.05, 4.69) is 15.9 Å². The number of rotatable bonds is 4. The lowest BCUT2D eigenvalue weighted by molar-refractivity contribution is -0.135. The van der Waals surface area contributed by atoms with Gasteiger partial charge in [-0.05, 0) is 48.2 Å². The third-order valence-electron chi connectivity index (χ3n) is 5.96. The lowest BCUT2D eigenvalue weighted by Crippen LogP contribution is -2.37. The van der Waals surface area contributed by atoms with Crippen LogP contribution in [0.3, 0.4) is 0 Å². The molecule has 0 N–H and O–H groups in total. The molecule has 2 aromatic rings. The van der Waals surface area contributed by atoms with Crippen LogP contribution in [-0.2, 0) is 9.59 Å². The Labute approximate surface area is 185 Å². The molecule has 2 aliphatic heterocycles. The van der Waals surface area contributed by atoms with Crippen molar-refractivity contribution in [3.8, 4) is 5.75 Å². The lowest BCUT2D eigenvalue weighted by atomic mass is 9.93. The van der Waals surface area contributed by atoms with Gasteiger partial charge in [0.2, 0.25) is 11.8 Å². The summed E-state index contributed by atoms with van der Waals surface area (Å²) in [7, 11) is 1.66. The highest BCUT2D eigenvalue weighted by Crippen LogP contribution is 2.40. The largest absolute Gasteiger partial charge is 0.496 e. The second-order valence-corrected chi connectivity index (χ2v) is 8.64. The van der Waals surface area contributed by atoms with Gasteiger partial charge in [0.15, 0.2) is 0 Å². The van der Waals surface area contributed by atoms with Gasteiger partial charge in [-0.15, -0.1) is 0 Å². The number of carbonyl (C=O) groups excluding carboxylic acids is 2. The second kappa shape index (κ2) is 8.64. The molecule has 4 rings (SSSR count). The van der Waals surface area contributed by atoms with E-state index in [1.54, 1.807) is 25.1 Å². The predicted octanol–water partition coefficient (Wildman–Crippen LogP) is 5.09. The van der Waals surface area contributed by atoms with E-state index < -0.39 is 0 Å². The van der Waals surface area contributed by atoms with Gasteiger partial charge in [0, 0.05) is 29.7 Å². The summed E-state index contributed by atoms with van der Waals surface area (Å²) in [6, 6.07) is 13.6. The number of ether oxygens (including phenoxy) is 1. The van der Waals surface area contributed by atoms with Gasteiger partial charge in [-0.1, -0.05) is 40.2 Å². The van der Waals surface area contributed by atoms with E-state index >= 15 is 0 Å². The molecule has 1 fully saturated rings. The van der Waals surface area contributed by atoms with E-state index in [1.807, 2.05) is 53.4 Å². The molecule has 156 valence electrons. The first-order chi connectivity index (χ1) is 14.5. The van der Waals surface area contributed by atoms with Crippen LogP contribution in [0.2, 0.25) is 0 Å². The number of hydrogen-bond acceptors (Lipinski definition) is 3. The van der Waals surface area contributed by atoms with Gasteiger partial charge in [-0.2, -0.15) is 0 Å². The van der Waals surface area contributed by atoms with E-state index in [-0.39, 0.29) is 30.3 Å². The van der Waals surface area contributed by atoms with Crippen LogP contribution in [0.5, 0.6) is 5.75 Å². The molecule has 2 atom stereocenters. The minimum Gasteiger partial charge on any atom is -0.496 e. The minimum absolute atomic E-state index is 0.0231. The number of methoxy groups -OCH3 is 1. The van der Waals surface area contributed by atoms with Crippen LogP contribution >= 0.6 is 15.9 Å². The van der Waals surface area contributed by atoms with E-state index in [4.69, 9.17) is 4.74 Å². The van der Waals surface area contributed by atoms with Crippen molar-refractivity contribution in [3.05, 3.63) is 69.8 Å². The van der Waals surface area contributed by atoms with Crippen LogP contribution in [0.25, 0.3) is 6.08 Å². The quantitative estimate of drug-likeness (QED) is 0.627. The monoisotopic (exact) mass is 468 g/mol. The molecule has 2 aromatic carbocycles. The Kier molecular flexibility index (Phi) is 5.95. The topological polar surface area (TPSA) is 49.9 Å². The second-order valence-electron chi connectivity index (χ2n) is 7.72. The number of hydrogen-bond donors (Lipinski definition) is 0. The molecule has 30 heavy (non-hydrogen) atoms. The Balaban J connectivity index is 1.62. The van der Waals surface area contributed by atoms with Gasteiger partial charge < -0.3 is 14.5 Å². The van der Waals surface area contributed by atoms with Gasteiger partial charge in [0.1, 0.15) is 5.75 Å². The van der Waals surface area contributed by atoms with Crippen molar-refractivity contribution in [2.45, 2.75) is 38.3 Å². The zero-order valence-corrected chi connectivity index (χ0v) is 18.8. The smallest absolute Gasteiger partial charge is 0.225 e. The van der Waals surface area contributed by atoms with E-state index in [9.17, 15) is 9.59 Å². The Bertz CT molecular complexity index is 1000. The Hall–Kier alpha value is -2.60. The molecule has 1 saturated heterocycles. The molecular weight excluding hydrogens is 444 g/mol. The maximum atomic E-state index is 13.5. The van der Waals surface area contributed by atoms with Gasteiger partial charge in [-0.3, -0.25) is 9.59 Å². The predicted molar refractivity (Wildman–Crippen MR) is 120 cm³/mol. The van der Waals surface area contributed by atoms with Crippen LogP contribution in [-0.4, -0.2) is 35.3 Å². The number of likely N-dealkylation sites (tertiary alicyclic amines) is 1. The Morgan fingerprint density at radius 1 is 1.17 bits per heavy atom. The number of nitrogens with zero attached hydrogens (tertiary/aromatic N) is 2.